The molecule has 0 saturated carbocycles. The second-order valence-corrected chi connectivity index (χ2v) is 5.01. The molecule has 0 amide bonds. The second-order valence-electron chi connectivity index (χ2n) is 3.77. The minimum Gasteiger partial charge on any atom is -0.394 e. The third kappa shape index (κ3) is 1.76. The molecule has 0 saturated heterocycles. The van der Waals surface area contributed by atoms with Crippen LogP contribution in [-0.4, -0.2) is 19.7 Å². The first-order chi connectivity index (χ1) is 8.65. The summed E-state index contributed by atoms with van der Waals surface area (Å²) in [6.07, 6.45) is 3.25. The monoisotopic (exact) mass is 352 g/mol. The summed E-state index contributed by atoms with van der Waals surface area (Å²) in [5.74, 6) is 0.674. The number of hydrogen-bond donors (Lipinski definition) is 2. The van der Waals surface area contributed by atoms with Gasteiger partial charge >= 0.3 is 0 Å². The van der Waals surface area contributed by atoms with Gasteiger partial charge in [-0.05, 0) is 34.7 Å². The number of benzene rings is 1. The van der Waals surface area contributed by atoms with Gasteiger partial charge in [0.15, 0.2) is 5.82 Å². The van der Waals surface area contributed by atoms with Gasteiger partial charge in [0.2, 0.25) is 5.95 Å². The lowest BCUT2D eigenvalue weighted by Crippen LogP contribution is -2.07. The minimum absolute atomic E-state index is 0.175. The van der Waals surface area contributed by atoms with Crippen molar-refractivity contribution in [3.05, 3.63) is 34.2 Å². The molecule has 2 aromatic heterocycles. The van der Waals surface area contributed by atoms with Gasteiger partial charge in [-0.2, -0.15) is 10.1 Å². The number of rotatable bonds is 1. The molecule has 2 heterocycles. The number of halogens is 1. The Morgan fingerprint density at radius 3 is 2.83 bits per heavy atom. The van der Waals surface area contributed by atoms with Gasteiger partial charge in [0.1, 0.15) is 0 Å². The molecule has 1 aromatic carbocycles. The first-order valence-electron chi connectivity index (χ1n) is 5.17. The fourth-order valence-corrected chi connectivity index (χ4v) is 2.20. The van der Waals surface area contributed by atoms with Crippen molar-refractivity contribution in [1.29, 1.82) is 0 Å². The Balaban J connectivity index is 2.31. The minimum atomic E-state index is 0.175. The Morgan fingerprint density at radius 2 is 2.00 bits per heavy atom. The molecule has 0 bridgehead atoms. The Kier molecular flexibility index (Phi) is 2.54. The molecule has 0 atom stereocenters. The van der Waals surface area contributed by atoms with Crippen LogP contribution in [-0.2, 0) is 0 Å². The van der Waals surface area contributed by atoms with Crippen LogP contribution in [0.2, 0.25) is 0 Å². The lowest BCUT2D eigenvalue weighted by atomic mass is 10.2. The van der Waals surface area contributed by atoms with Crippen molar-refractivity contribution in [3.63, 3.8) is 0 Å². The molecule has 0 aliphatic rings. The first-order valence-corrected chi connectivity index (χ1v) is 6.24. The van der Waals surface area contributed by atoms with Crippen molar-refractivity contribution in [3.8, 4) is 5.82 Å². The third-order valence-electron chi connectivity index (χ3n) is 2.55. The number of fused-ring (bicyclic) bond motifs is 1. The van der Waals surface area contributed by atoms with Crippen LogP contribution < -0.4 is 11.5 Å². The summed E-state index contributed by atoms with van der Waals surface area (Å²) >= 11 is 2.25. The van der Waals surface area contributed by atoms with E-state index < -0.39 is 0 Å². The highest BCUT2D eigenvalue weighted by Crippen LogP contribution is 2.22. The van der Waals surface area contributed by atoms with Crippen molar-refractivity contribution >= 4 is 45.1 Å². The van der Waals surface area contributed by atoms with Gasteiger partial charge in [-0.15, -0.1) is 0 Å². The summed E-state index contributed by atoms with van der Waals surface area (Å²) in [7, 11) is 0. The normalized spacial score (nSPS) is 10.9. The van der Waals surface area contributed by atoms with Gasteiger partial charge in [0.05, 0.1) is 23.6 Å². The molecule has 4 N–H and O–H groups in total. The molecule has 0 spiro atoms. The highest BCUT2D eigenvalue weighted by atomic mass is 127. The predicted octanol–water partition coefficient (Wildman–Crippen LogP) is 1.58. The summed E-state index contributed by atoms with van der Waals surface area (Å²) in [5, 5.41) is 5.32. The molecule has 0 unspecified atom stereocenters. The highest BCUT2D eigenvalue weighted by Gasteiger charge is 2.10. The zero-order valence-corrected chi connectivity index (χ0v) is 11.4. The molecular weight excluding hydrogens is 343 g/mol. The van der Waals surface area contributed by atoms with Gasteiger partial charge in [-0.3, -0.25) is 0 Å². The van der Waals surface area contributed by atoms with Crippen molar-refractivity contribution < 1.29 is 0 Å². The van der Waals surface area contributed by atoms with Crippen LogP contribution in [0.4, 0.5) is 11.6 Å². The second kappa shape index (κ2) is 4.09. The van der Waals surface area contributed by atoms with E-state index >= 15 is 0 Å². The first kappa shape index (κ1) is 11.2. The number of nitrogens with two attached hydrogens (primary N) is 2. The standard InChI is InChI=1S/C11H9IN6/c12-7-2-1-6-4-16-18(9(6)3-7)10-8(13)5-15-11(14)17-10/h1-5H,13H2,(H2,14,15,17). The number of hydrogen-bond acceptors (Lipinski definition) is 5. The summed E-state index contributed by atoms with van der Waals surface area (Å²) < 4.78 is 2.78. The fraction of sp³-hybridized carbons (Fsp3) is 0. The third-order valence-corrected chi connectivity index (χ3v) is 3.22. The predicted molar refractivity (Wildman–Crippen MR) is 78.2 cm³/mol. The quantitative estimate of drug-likeness (QED) is 0.649. The Morgan fingerprint density at radius 1 is 1.17 bits per heavy atom. The molecule has 3 aromatic rings. The molecule has 18 heavy (non-hydrogen) atoms. The average molecular weight is 352 g/mol. The average Bonchev–Trinajstić information content (AvgIpc) is 2.75. The Hall–Kier alpha value is -1.90. The highest BCUT2D eigenvalue weighted by molar-refractivity contribution is 14.1. The summed E-state index contributed by atoms with van der Waals surface area (Å²) in [5.41, 5.74) is 12.8. The molecule has 0 aliphatic heterocycles. The van der Waals surface area contributed by atoms with Crippen LogP contribution in [0.3, 0.4) is 0 Å². The van der Waals surface area contributed by atoms with E-state index in [0.29, 0.717) is 11.5 Å². The Bertz CT molecular complexity index is 735. The van der Waals surface area contributed by atoms with Crippen LogP contribution >= 0.6 is 22.6 Å². The molecule has 3 rings (SSSR count). The number of anilines is 2. The Labute approximate surface area is 116 Å². The van der Waals surface area contributed by atoms with Crippen molar-refractivity contribution in [1.82, 2.24) is 19.7 Å². The van der Waals surface area contributed by atoms with E-state index in [4.69, 9.17) is 11.5 Å². The molecule has 0 radical (unpaired) electrons. The van der Waals surface area contributed by atoms with Crippen molar-refractivity contribution in [2.45, 2.75) is 0 Å². The lowest BCUT2D eigenvalue weighted by Gasteiger charge is -2.06. The molecule has 90 valence electrons. The largest absolute Gasteiger partial charge is 0.394 e. The van der Waals surface area contributed by atoms with Crippen LogP contribution in [0.15, 0.2) is 30.6 Å². The number of aromatic nitrogens is 4. The van der Waals surface area contributed by atoms with Gasteiger partial charge < -0.3 is 11.5 Å². The topological polar surface area (TPSA) is 95.6 Å². The number of nitrogens with zero attached hydrogens (tertiary/aromatic N) is 4. The van der Waals surface area contributed by atoms with Crippen molar-refractivity contribution in [2.24, 2.45) is 0 Å². The smallest absolute Gasteiger partial charge is 0.222 e. The summed E-state index contributed by atoms with van der Waals surface area (Å²) in [6, 6.07) is 6.04. The van der Waals surface area contributed by atoms with Gasteiger partial charge in [0.25, 0.3) is 0 Å². The van der Waals surface area contributed by atoms with E-state index in [1.807, 2.05) is 18.2 Å². The summed E-state index contributed by atoms with van der Waals surface area (Å²) in [6.45, 7) is 0. The van der Waals surface area contributed by atoms with E-state index in [1.54, 1.807) is 10.9 Å². The molecule has 0 aliphatic carbocycles. The maximum Gasteiger partial charge on any atom is 0.222 e. The fourth-order valence-electron chi connectivity index (χ4n) is 1.73. The molecule has 0 fully saturated rings. The van der Waals surface area contributed by atoms with E-state index in [2.05, 4.69) is 37.7 Å². The van der Waals surface area contributed by atoms with Gasteiger partial charge in [-0.1, -0.05) is 6.07 Å². The van der Waals surface area contributed by atoms with E-state index in [1.165, 1.54) is 6.20 Å². The van der Waals surface area contributed by atoms with Crippen molar-refractivity contribution in [2.75, 3.05) is 11.5 Å². The molecule has 6 nitrogen and oxygen atoms in total. The van der Waals surface area contributed by atoms with Crippen LogP contribution in [0.1, 0.15) is 0 Å². The lowest BCUT2D eigenvalue weighted by molar-refractivity contribution is 0.872. The van der Waals surface area contributed by atoms with Gasteiger partial charge in [-0.25, -0.2) is 9.67 Å². The van der Waals surface area contributed by atoms with Gasteiger partial charge in [0, 0.05) is 8.96 Å². The van der Waals surface area contributed by atoms with Crippen LogP contribution in [0, 0.1) is 3.57 Å². The zero-order valence-electron chi connectivity index (χ0n) is 9.21. The van der Waals surface area contributed by atoms with E-state index in [9.17, 15) is 0 Å². The SMILES string of the molecule is Nc1ncc(N)c(-n2ncc3ccc(I)cc32)n1. The van der Waals surface area contributed by atoms with Crippen LogP contribution in [0.5, 0.6) is 0 Å². The maximum atomic E-state index is 5.87. The van der Waals surface area contributed by atoms with Crippen LogP contribution in [0.25, 0.3) is 16.7 Å². The number of nitrogen functional groups attached to an aromatic ring is 2. The zero-order chi connectivity index (χ0) is 12.7. The maximum absolute atomic E-state index is 5.87. The molecular formula is C11H9IN6. The van der Waals surface area contributed by atoms with E-state index in [-0.39, 0.29) is 5.95 Å². The molecule has 7 heteroatoms. The summed E-state index contributed by atoms with van der Waals surface area (Å²) in [4.78, 5) is 7.98. The van der Waals surface area contributed by atoms with E-state index in [0.717, 1.165) is 14.5 Å².